The Morgan fingerprint density at radius 2 is 2.27 bits per heavy atom. The number of benzene rings is 1. The number of rotatable bonds is 5. The number of hydrogen-bond donors (Lipinski definition) is 1. The van der Waals surface area contributed by atoms with E-state index >= 15 is 0 Å². The van der Waals surface area contributed by atoms with E-state index in [-0.39, 0.29) is 0 Å². The highest BCUT2D eigenvalue weighted by molar-refractivity contribution is 6.30. The van der Waals surface area contributed by atoms with Crippen molar-refractivity contribution in [1.29, 1.82) is 0 Å². The summed E-state index contributed by atoms with van der Waals surface area (Å²) < 4.78 is 0. The van der Waals surface area contributed by atoms with Gasteiger partial charge >= 0.3 is 0 Å². The molecule has 1 aliphatic rings. The lowest BCUT2D eigenvalue weighted by molar-refractivity contribution is 0.502. The molecule has 2 rings (SSSR count). The second kappa shape index (κ2) is 5.00. The standard InChI is InChI=1S/C13H18ClN/c1-2-13(15-9-10-6-7-10)11-4-3-5-12(14)8-11/h3-5,8,10,13,15H,2,6-7,9H2,1H3/t13-/m1/s1. The van der Waals surface area contributed by atoms with Crippen molar-refractivity contribution in [2.75, 3.05) is 6.54 Å². The van der Waals surface area contributed by atoms with Crippen molar-refractivity contribution in [3.63, 3.8) is 0 Å². The normalized spacial score (nSPS) is 17.7. The van der Waals surface area contributed by atoms with Gasteiger partial charge in [0.1, 0.15) is 0 Å². The fraction of sp³-hybridized carbons (Fsp3) is 0.538. The first-order valence-electron chi connectivity index (χ1n) is 5.78. The van der Waals surface area contributed by atoms with E-state index in [1.54, 1.807) is 0 Å². The van der Waals surface area contributed by atoms with Crippen molar-refractivity contribution in [3.05, 3.63) is 34.9 Å². The predicted octanol–water partition coefficient (Wildman–Crippen LogP) is 3.79. The summed E-state index contributed by atoms with van der Waals surface area (Å²) >= 11 is 5.99. The number of halogens is 1. The molecule has 1 atom stereocenters. The lowest BCUT2D eigenvalue weighted by atomic mass is 10.0. The first-order chi connectivity index (χ1) is 7.29. The molecule has 15 heavy (non-hydrogen) atoms. The Labute approximate surface area is 96.8 Å². The molecule has 0 saturated heterocycles. The maximum absolute atomic E-state index is 5.99. The minimum atomic E-state index is 0.462. The average Bonchev–Trinajstić information content (AvgIpc) is 3.03. The zero-order valence-corrected chi connectivity index (χ0v) is 9.93. The van der Waals surface area contributed by atoms with Gasteiger partial charge in [0.05, 0.1) is 0 Å². The van der Waals surface area contributed by atoms with Crippen molar-refractivity contribution in [3.8, 4) is 0 Å². The van der Waals surface area contributed by atoms with Gasteiger partial charge in [-0.05, 0) is 49.4 Å². The number of nitrogens with one attached hydrogen (secondary N) is 1. The summed E-state index contributed by atoms with van der Waals surface area (Å²) in [7, 11) is 0. The van der Waals surface area contributed by atoms with Crippen LogP contribution in [-0.4, -0.2) is 6.54 Å². The number of hydrogen-bond acceptors (Lipinski definition) is 1. The molecule has 2 heteroatoms. The maximum atomic E-state index is 5.99. The van der Waals surface area contributed by atoms with Crippen molar-refractivity contribution in [2.24, 2.45) is 5.92 Å². The molecular formula is C13H18ClN. The average molecular weight is 224 g/mol. The van der Waals surface area contributed by atoms with Gasteiger partial charge in [0.15, 0.2) is 0 Å². The van der Waals surface area contributed by atoms with Crippen LogP contribution in [0.25, 0.3) is 0 Å². The van der Waals surface area contributed by atoms with Crippen LogP contribution in [0.5, 0.6) is 0 Å². The second-order valence-electron chi connectivity index (χ2n) is 4.37. The highest BCUT2D eigenvalue weighted by Crippen LogP contribution is 2.29. The molecule has 1 saturated carbocycles. The molecule has 0 unspecified atom stereocenters. The van der Waals surface area contributed by atoms with Gasteiger partial charge in [-0.15, -0.1) is 0 Å². The fourth-order valence-electron chi connectivity index (χ4n) is 1.85. The van der Waals surface area contributed by atoms with Gasteiger partial charge in [0.25, 0.3) is 0 Å². The fourth-order valence-corrected chi connectivity index (χ4v) is 2.05. The van der Waals surface area contributed by atoms with Crippen molar-refractivity contribution < 1.29 is 0 Å². The van der Waals surface area contributed by atoms with Crippen LogP contribution in [0.4, 0.5) is 0 Å². The molecule has 82 valence electrons. The second-order valence-corrected chi connectivity index (χ2v) is 4.80. The van der Waals surface area contributed by atoms with E-state index in [0.29, 0.717) is 6.04 Å². The highest BCUT2D eigenvalue weighted by atomic mass is 35.5. The minimum absolute atomic E-state index is 0.462. The Bertz CT molecular complexity index is 320. The van der Waals surface area contributed by atoms with Crippen LogP contribution in [0.2, 0.25) is 5.02 Å². The molecule has 0 amide bonds. The molecule has 0 aromatic heterocycles. The summed E-state index contributed by atoms with van der Waals surface area (Å²) in [5.74, 6) is 0.929. The van der Waals surface area contributed by atoms with Crippen LogP contribution < -0.4 is 5.32 Å². The molecule has 0 bridgehead atoms. The Kier molecular flexibility index (Phi) is 3.66. The highest BCUT2D eigenvalue weighted by Gasteiger charge is 2.22. The van der Waals surface area contributed by atoms with Gasteiger partial charge < -0.3 is 5.32 Å². The van der Waals surface area contributed by atoms with Crippen LogP contribution >= 0.6 is 11.6 Å². The molecule has 0 spiro atoms. The molecule has 0 aliphatic heterocycles. The zero-order valence-electron chi connectivity index (χ0n) is 9.17. The first-order valence-corrected chi connectivity index (χ1v) is 6.16. The molecule has 1 N–H and O–H groups in total. The third kappa shape index (κ3) is 3.22. The van der Waals surface area contributed by atoms with Crippen LogP contribution in [0.3, 0.4) is 0 Å². The van der Waals surface area contributed by atoms with Crippen LogP contribution in [0.15, 0.2) is 24.3 Å². The van der Waals surface area contributed by atoms with E-state index in [1.807, 2.05) is 12.1 Å². The van der Waals surface area contributed by atoms with Crippen LogP contribution in [-0.2, 0) is 0 Å². The van der Waals surface area contributed by atoms with Gasteiger partial charge in [-0.25, -0.2) is 0 Å². The largest absolute Gasteiger partial charge is 0.310 e. The van der Waals surface area contributed by atoms with Gasteiger partial charge in [-0.1, -0.05) is 30.7 Å². The van der Waals surface area contributed by atoms with Crippen molar-refractivity contribution >= 4 is 11.6 Å². The lowest BCUT2D eigenvalue weighted by Gasteiger charge is -2.17. The smallest absolute Gasteiger partial charge is 0.0409 e. The van der Waals surface area contributed by atoms with Crippen molar-refractivity contribution in [2.45, 2.75) is 32.2 Å². The molecule has 1 nitrogen and oxygen atoms in total. The van der Waals surface area contributed by atoms with Gasteiger partial charge in [0.2, 0.25) is 0 Å². The summed E-state index contributed by atoms with van der Waals surface area (Å²) in [5, 5.41) is 4.45. The van der Waals surface area contributed by atoms with E-state index in [2.05, 4.69) is 24.4 Å². The predicted molar refractivity (Wildman–Crippen MR) is 65.2 cm³/mol. The lowest BCUT2D eigenvalue weighted by Crippen LogP contribution is -2.22. The molecular weight excluding hydrogens is 206 g/mol. The van der Waals surface area contributed by atoms with Gasteiger partial charge in [0, 0.05) is 11.1 Å². The van der Waals surface area contributed by atoms with Gasteiger partial charge in [-0.2, -0.15) is 0 Å². The molecule has 1 fully saturated rings. The third-order valence-corrected chi connectivity index (χ3v) is 3.24. The van der Waals surface area contributed by atoms with Crippen molar-refractivity contribution in [1.82, 2.24) is 5.32 Å². The van der Waals surface area contributed by atoms with E-state index in [0.717, 1.165) is 23.9 Å². The van der Waals surface area contributed by atoms with E-state index in [4.69, 9.17) is 11.6 Å². The van der Waals surface area contributed by atoms with Crippen LogP contribution in [0.1, 0.15) is 37.8 Å². The third-order valence-electron chi connectivity index (χ3n) is 3.01. The maximum Gasteiger partial charge on any atom is 0.0409 e. The topological polar surface area (TPSA) is 12.0 Å². The molecule has 1 aliphatic carbocycles. The molecule has 1 aromatic carbocycles. The van der Waals surface area contributed by atoms with E-state index in [9.17, 15) is 0 Å². The summed E-state index contributed by atoms with van der Waals surface area (Å²) in [6.45, 7) is 3.37. The summed E-state index contributed by atoms with van der Waals surface area (Å²) in [5.41, 5.74) is 1.31. The van der Waals surface area contributed by atoms with Gasteiger partial charge in [-0.3, -0.25) is 0 Å². The molecule has 0 radical (unpaired) electrons. The van der Waals surface area contributed by atoms with E-state index < -0.39 is 0 Å². The minimum Gasteiger partial charge on any atom is -0.310 e. The Hall–Kier alpha value is -0.530. The molecule has 0 heterocycles. The first kappa shape index (κ1) is 11.0. The Morgan fingerprint density at radius 1 is 1.47 bits per heavy atom. The summed E-state index contributed by atoms with van der Waals surface area (Å²) in [6, 6.07) is 8.64. The van der Waals surface area contributed by atoms with E-state index in [1.165, 1.54) is 18.4 Å². The summed E-state index contributed by atoms with van der Waals surface area (Å²) in [6.07, 6.45) is 3.92. The molecule has 1 aromatic rings. The quantitative estimate of drug-likeness (QED) is 0.801. The van der Waals surface area contributed by atoms with Crippen LogP contribution in [0, 0.1) is 5.92 Å². The Balaban J connectivity index is 1.97. The monoisotopic (exact) mass is 223 g/mol. The Morgan fingerprint density at radius 3 is 2.87 bits per heavy atom. The SMILES string of the molecule is CC[C@@H](NCC1CC1)c1cccc(Cl)c1. The summed E-state index contributed by atoms with van der Waals surface area (Å²) in [4.78, 5) is 0. The zero-order chi connectivity index (χ0) is 10.7.